The quantitative estimate of drug-likeness (QED) is 0.454. The smallest absolute Gasteiger partial charge is 0.254 e. The van der Waals surface area contributed by atoms with Gasteiger partial charge < -0.3 is 4.74 Å². The van der Waals surface area contributed by atoms with E-state index in [0.717, 1.165) is 17.1 Å². The van der Waals surface area contributed by atoms with Gasteiger partial charge in [0.15, 0.2) is 5.78 Å². The van der Waals surface area contributed by atoms with Crippen molar-refractivity contribution in [2.45, 2.75) is 26.7 Å². The first-order valence-corrected chi connectivity index (χ1v) is 6.57. The summed E-state index contributed by atoms with van der Waals surface area (Å²) in [4.78, 5) is 46.2. The van der Waals surface area contributed by atoms with Gasteiger partial charge in [0.05, 0.1) is 19.8 Å². The molecule has 0 bridgehead atoms. The van der Waals surface area contributed by atoms with E-state index in [1.165, 1.54) is 0 Å². The van der Waals surface area contributed by atoms with Crippen LogP contribution in [0.4, 0.5) is 0 Å². The summed E-state index contributed by atoms with van der Waals surface area (Å²) in [5, 5.41) is 0. The molecule has 0 radical (unpaired) electrons. The summed E-state index contributed by atoms with van der Waals surface area (Å²) in [7, 11) is 0. The molecule has 0 N–H and O–H groups in total. The fraction of sp³-hybridized carbons (Fsp3) is 0.571. The van der Waals surface area contributed by atoms with Gasteiger partial charge in [-0.3, -0.25) is 24.1 Å². The number of imide groups is 1. The van der Waals surface area contributed by atoms with Crippen LogP contribution in [-0.4, -0.2) is 48.0 Å². The highest BCUT2D eigenvalue weighted by Crippen LogP contribution is 2.04. The molecular formula is C14H19NO5. The first-order chi connectivity index (χ1) is 9.41. The Bertz CT molecular complexity index is 421. The molecule has 0 atom stereocenters. The third-order valence-electron chi connectivity index (χ3n) is 2.90. The number of Topliss-reactive ketones (excluding diaryl/α,β-unsaturated/α-hetero) is 2. The van der Waals surface area contributed by atoms with E-state index in [4.69, 9.17) is 4.74 Å². The van der Waals surface area contributed by atoms with Crippen LogP contribution in [0, 0.1) is 5.92 Å². The van der Waals surface area contributed by atoms with Crippen LogP contribution in [0.3, 0.4) is 0 Å². The van der Waals surface area contributed by atoms with Crippen molar-refractivity contribution in [3.05, 3.63) is 12.2 Å². The van der Waals surface area contributed by atoms with Crippen molar-refractivity contribution < 1.29 is 23.9 Å². The van der Waals surface area contributed by atoms with E-state index in [9.17, 15) is 19.2 Å². The summed E-state index contributed by atoms with van der Waals surface area (Å²) in [6, 6.07) is 0. The molecular weight excluding hydrogens is 262 g/mol. The van der Waals surface area contributed by atoms with Crippen molar-refractivity contribution in [1.82, 2.24) is 4.90 Å². The number of hydrogen-bond acceptors (Lipinski definition) is 5. The van der Waals surface area contributed by atoms with Gasteiger partial charge in [0.25, 0.3) is 11.8 Å². The Morgan fingerprint density at radius 1 is 1.10 bits per heavy atom. The lowest BCUT2D eigenvalue weighted by atomic mass is 10.1. The molecule has 2 amide bonds. The summed E-state index contributed by atoms with van der Waals surface area (Å²) in [5.74, 6) is -1.07. The van der Waals surface area contributed by atoms with E-state index in [1.807, 2.05) is 13.8 Å². The minimum absolute atomic E-state index is 0.0140. The van der Waals surface area contributed by atoms with Crippen molar-refractivity contribution in [3.8, 4) is 0 Å². The Hall–Kier alpha value is -1.82. The summed E-state index contributed by atoms with van der Waals surface area (Å²) in [5.41, 5.74) is 0. The number of ether oxygens (including phenoxy) is 1. The normalized spacial score (nSPS) is 14.4. The molecule has 1 aliphatic rings. The Morgan fingerprint density at radius 3 is 2.20 bits per heavy atom. The van der Waals surface area contributed by atoms with Crippen LogP contribution in [0.2, 0.25) is 0 Å². The highest BCUT2D eigenvalue weighted by Gasteiger charge is 2.25. The monoisotopic (exact) mass is 281 g/mol. The van der Waals surface area contributed by atoms with Gasteiger partial charge in [0.2, 0.25) is 0 Å². The lowest BCUT2D eigenvalue weighted by Gasteiger charge is -2.12. The molecule has 0 spiro atoms. The summed E-state index contributed by atoms with van der Waals surface area (Å²) < 4.78 is 5.20. The highest BCUT2D eigenvalue weighted by atomic mass is 16.5. The average Bonchev–Trinajstić information content (AvgIpc) is 2.69. The highest BCUT2D eigenvalue weighted by molar-refractivity contribution is 6.14. The minimum Gasteiger partial charge on any atom is -0.381 e. The Kier molecular flexibility index (Phi) is 6.24. The minimum atomic E-state index is -0.466. The molecule has 0 saturated carbocycles. The zero-order chi connectivity index (χ0) is 15.1. The van der Waals surface area contributed by atoms with Gasteiger partial charge in [-0.05, 0) is 0 Å². The first kappa shape index (κ1) is 16.2. The predicted octanol–water partition coefficient (Wildman–Crippen LogP) is 0.502. The topological polar surface area (TPSA) is 80.8 Å². The Morgan fingerprint density at radius 2 is 1.65 bits per heavy atom. The van der Waals surface area contributed by atoms with E-state index in [1.54, 1.807) is 0 Å². The lowest BCUT2D eigenvalue weighted by Crippen LogP contribution is -2.35. The van der Waals surface area contributed by atoms with E-state index in [2.05, 4.69) is 0 Å². The molecule has 0 aromatic rings. The Balaban J connectivity index is 2.14. The fourth-order valence-corrected chi connectivity index (χ4v) is 1.59. The van der Waals surface area contributed by atoms with Gasteiger partial charge in [-0.1, -0.05) is 13.8 Å². The van der Waals surface area contributed by atoms with Crippen LogP contribution >= 0.6 is 0 Å². The lowest BCUT2D eigenvalue weighted by molar-refractivity contribution is -0.140. The maximum absolute atomic E-state index is 11.6. The molecule has 20 heavy (non-hydrogen) atoms. The van der Waals surface area contributed by atoms with Gasteiger partial charge in [0.1, 0.15) is 5.78 Å². The third-order valence-corrected chi connectivity index (χ3v) is 2.90. The number of nitrogens with zero attached hydrogens (tertiary/aromatic N) is 1. The zero-order valence-corrected chi connectivity index (χ0v) is 11.8. The van der Waals surface area contributed by atoms with Crippen LogP contribution in [0.5, 0.6) is 0 Å². The number of rotatable bonds is 9. The second-order valence-corrected chi connectivity index (χ2v) is 4.87. The molecule has 6 heteroatoms. The van der Waals surface area contributed by atoms with Crippen LogP contribution in [0.1, 0.15) is 26.7 Å². The first-order valence-electron chi connectivity index (χ1n) is 6.57. The van der Waals surface area contributed by atoms with Crippen LogP contribution < -0.4 is 0 Å². The molecule has 0 aromatic carbocycles. The molecule has 0 fully saturated rings. The molecule has 110 valence electrons. The summed E-state index contributed by atoms with van der Waals surface area (Å²) in [6.45, 7) is 3.90. The molecule has 0 aliphatic carbocycles. The maximum atomic E-state index is 11.6. The SMILES string of the molecule is CC(C)C(=O)CCOCCC(=O)CN1C(=O)C=CC1=O. The molecule has 0 saturated heterocycles. The van der Waals surface area contributed by atoms with Crippen molar-refractivity contribution in [3.63, 3.8) is 0 Å². The number of ketones is 2. The molecule has 0 unspecified atom stereocenters. The standard InChI is InChI=1S/C14H19NO5/c1-10(2)12(17)6-8-20-7-5-11(16)9-15-13(18)3-4-14(15)19/h3-4,10H,5-9H2,1-2H3. The second kappa shape index (κ2) is 7.69. The largest absolute Gasteiger partial charge is 0.381 e. The van der Waals surface area contributed by atoms with Gasteiger partial charge >= 0.3 is 0 Å². The average molecular weight is 281 g/mol. The fourth-order valence-electron chi connectivity index (χ4n) is 1.59. The summed E-state index contributed by atoms with van der Waals surface area (Å²) >= 11 is 0. The third kappa shape index (κ3) is 5.05. The predicted molar refractivity (Wildman–Crippen MR) is 70.8 cm³/mol. The van der Waals surface area contributed by atoms with E-state index < -0.39 is 11.8 Å². The number of hydrogen-bond donors (Lipinski definition) is 0. The van der Waals surface area contributed by atoms with E-state index in [0.29, 0.717) is 6.42 Å². The molecule has 1 rings (SSSR count). The number of amides is 2. The van der Waals surface area contributed by atoms with Gasteiger partial charge in [-0.2, -0.15) is 0 Å². The zero-order valence-electron chi connectivity index (χ0n) is 11.8. The molecule has 1 aliphatic heterocycles. The van der Waals surface area contributed by atoms with Gasteiger partial charge in [-0.25, -0.2) is 0 Å². The van der Waals surface area contributed by atoms with Crippen LogP contribution in [0.15, 0.2) is 12.2 Å². The number of carbonyl (C=O) groups is 4. The second-order valence-electron chi connectivity index (χ2n) is 4.87. The maximum Gasteiger partial charge on any atom is 0.254 e. The summed E-state index contributed by atoms with van der Waals surface area (Å²) in [6.07, 6.45) is 2.74. The van der Waals surface area contributed by atoms with E-state index in [-0.39, 0.29) is 43.7 Å². The van der Waals surface area contributed by atoms with Gasteiger partial charge in [0, 0.05) is 30.9 Å². The van der Waals surface area contributed by atoms with E-state index >= 15 is 0 Å². The van der Waals surface area contributed by atoms with Crippen LogP contribution in [-0.2, 0) is 23.9 Å². The molecule has 6 nitrogen and oxygen atoms in total. The Labute approximate surface area is 117 Å². The van der Waals surface area contributed by atoms with Crippen LogP contribution in [0.25, 0.3) is 0 Å². The van der Waals surface area contributed by atoms with Crippen molar-refractivity contribution in [2.24, 2.45) is 5.92 Å². The van der Waals surface area contributed by atoms with Crippen molar-refractivity contribution >= 4 is 23.4 Å². The number of carbonyl (C=O) groups excluding carboxylic acids is 4. The van der Waals surface area contributed by atoms with Crippen molar-refractivity contribution in [1.29, 1.82) is 0 Å². The van der Waals surface area contributed by atoms with Crippen molar-refractivity contribution in [2.75, 3.05) is 19.8 Å². The molecule has 0 aromatic heterocycles. The molecule has 1 heterocycles. The van der Waals surface area contributed by atoms with Gasteiger partial charge in [-0.15, -0.1) is 0 Å².